The first-order chi connectivity index (χ1) is 7.40. The average Bonchev–Trinajstić information content (AvgIpc) is 2.59. The second-order valence-corrected chi connectivity index (χ2v) is 6.26. The molecule has 16 heavy (non-hydrogen) atoms. The van der Waals surface area contributed by atoms with E-state index < -0.39 is 0 Å². The molecular weight excluding hydrogens is 218 g/mol. The maximum Gasteiger partial charge on any atom is 0.182 e. The highest BCUT2D eigenvalue weighted by atomic mass is 32.1. The molecule has 1 aromatic heterocycles. The number of anilines is 1. The first kappa shape index (κ1) is 13.5. The van der Waals surface area contributed by atoms with Gasteiger partial charge in [-0.15, -0.1) is 11.3 Å². The van der Waals surface area contributed by atoms with Gasteiger partial charge in [-0.05, 0) is 18.3 Å². The summed E-state index contributed by atoms with van der Waals surface area (Å²) in [4.78, 5) is 4.45. The quantitative estimate of drug-likeness (QED) is 0.833. The van der Waals surface area contributed by atoms with E-state index in [2.05, 4.69) is 43.4 Å². The molecule has 0 aromatic carbocycles. The van der Waals surface area contributed by atoms with Crippen molar-refractivity contribution in [3.63, 3.8) is 0 Å². The van der Waals surface area contributed by atoms with Crippen molar-refractivity contribution in [2.75, 3.05) is 11.9 Å². The molecule has 0 fully saturated rings. The molecule has 1 rings (SSSR count). The van der Waals surface area contributed by atoms with Gasteiger partial charge in [-0.3, -0.25) is 0 Å². The molecule has 0 saturated carbocycles. The van der Waals surface area contributed by atoms with Gasteiger partial charge in [-0.2, -0.15) is 0 Å². The molecule has 0 saturated heterocycles. The number of thiazole rings is 1. The molecule has 92 valence electrons. The van der Waals surface area contributed by atoms with Gasteiger partial charge >= 0.3 is 0 Å². The fourth-order valence-electron chi connectivity index (χ4n) is 1.63. The summed E-state index contributed by atoms with van der Waals surface area (Å²) in [5, 5.41) is 6.39. The number of nitrogens with one attached hydrogen (secondary N) is 1. The van der Waals surface area contributed by atoms with Crippen molar-refractivity contribution in [2.45, 2.75) is 46.6 Å². The van der Waals surface area contributed by atoms with Crippen LogP contribution in [0.25, 0.3) is 0 Å². The van der Waals surface area contributed by atoms with Gasteiger partial charge in [0.2, 0.25) is 0 Å². The van der Waals surface area contributed by atoms with Crippen LogP contribution < -0.4 is 11.1 Å². The van der Waals surface area contributed by atoms with E-state index in [0.29, 0.717) is 5.41 Å². The molecule has 3 N–H and O–H groups in total. The molecule has 3 nitrogen and oxygen atoms in total. The van der Waals surface area contributed by atoms with Crippen molar-refractivity contribution in [3.8, 4) is 0 Å². The Morgan fingerprint density at radius 3 is 2.69 bits per heavy atom. The van der Waals surface area contributed by atoms with Crippen molar-refractivity contribution in [1.82, 2.24) is 4.98 Å². The normalized spacial score (nSPS) is 13.8. The lowest BCUT2D eigenvalue weighted by atomic mass is 9.88. The van der Waals surface area contributed by atoms with E-state index in [0.717, 1.165) is 30.2 Å². The molecule has 1 aromatic rings. The van der Waals surface area contributed by atoms with Crippen LogP contribution in [0.1, 0.15) is 39.8 Å². The predicted molar refractivity (Wildman–Crippen MR) is 72.0 cm³/mol. The van der Waals surface area contributed by atoms with Crippen LogP contribution >= 0.6 is 11.3 Å². The van der Waals surface area contributed by atoms with E-state index in [1.165, 1.54) is 0 Å². The minimum atomic E-state index is 0.189. The molecule has 0 bridgehead atoms. The Labute approximate surface area is 102 Å². The molecule has 4 heteroatoms. The van der Waals surface area contributed by atoms with Crippen molar-refractivity contribution in [2.24, 2.45) is 11.1 Å². The van der Waals surface area contributed by atoms with Crippen LogP contribution in [-0.4, -0.2) is 17.6 Å². The minimum absolute atomic E-state index is 0.189. The van der Waals surface area contributed by atoms with Crippen LogP contribution in [0.5, 0.6) is 0 Å². The number of hydrogen-bond donors (Lipinski definition) is 2. The summed E-state index contributed by atoms with van der Waals surface area (Å²) < 4.78 is 0. The van der Waals surface area contributed by atoms with E-state index in [-0.39, 0.29) is 6.04 Å². The highest BCUT2D eigenvalue weighted by molar-refractivity contribution is 7.13. The molecule has 0 aliphatic carbocycles. The van der Waals surface area contributed by atoms with Crippen LogP contribution in [0.3, 0.4) is 0 Å². The Bertz CT molecular complexity index is 314. The van der Waals surface area contributed by atoms with Gasteiger partial charge in [-0.25, -0.2) is 4.98 Å². The summed E-state index contributed by atoms with van der Waals surface area (Å²) in [6.45, 7) is 9.56. The standard InChI is InChI=1S/C12H23N3S/c1-5-10-8-16-11(15-10)14-7-9(13)6-12(2,3)4/h8-9H,5-7,13H2,1-4H3,(H,14,15). The van der Waals surface area contributed by atoms with E-state index >= 15 is 0 Å². The fraction of sp³-hybridized carbons (Fsp3) is 0.750. The largest absolute Gasteiger partial charge is 0.360 e. The zero-order chi connectivity index (χ0) is 12.2. The molecule has 0 amide bonds. The highest BCUT2D eigenvalue weighted by Crippen LogP contribution is 2.21. The Morgan fingerprint density at radius 2 is 2.19 bits per heavy atom. The maximum absolute atomic E-state index is 6.06. The van der Waals surface area contributed by atoms with Crippen molar-refractivity contribution in [3.05, 3.63) is 11.1 Å². The van der Waals surface area contributed by atoms with Crippen molar-refractivity contribution in [1.29, 1.82) is 0 Å². The maximum atomic E-state index is 6.06. The summed E-state index contributed by atoms with van der Waals surface area (Å²) in [5.74, 6) is 0. The van der Waals surface area contributed by atoms with Gasteiger partial charge in [0.1, 0.15) is 0 Å². The monoisotopic (exact) mass is 241 g/mol. The molecule has 1 atom stereocenters. The van der Waals surface area contributed by atoms with Gasteiger partial charge in [0, 0.05) is 18.0 Å². The number of hydrogen-bond acceptors (Lipinski definition) is 4. The molecule has 0 aliphatic rings. The first-order valence-electron chi connectivity index (χ1n) is 5.84. The van der Waals surface area contributed by atoms with E-state index in [9.17, 15) is 0 Å². The van der Waals surface area contributed by atoms with Gasteiger partial charge in [0.05, 0.1) is 5.69 Å². The third-order valence-corrected chi connectivity index (χ3v) is 3.15. The third kappa shape index (κ3) is 4.94. The van der Waals surface area contributed by atoms with Crippen LogP contribution in [0.15, 0.2) is 5.38 Å². The number of rotatable bonds is 5. The van der Waals surface area contributed by atoms with Crippen molar-refractivity contribution < 1.29 is 0 Å². The van der Waals surface area contributed by atoms with Gasteiger partial charge < -0.3 is 11.1 Å². The fourth-order valence-corrected chi connectivity index (χ4v) is 2.43. The number of aryl methyl sites for hydroxylation is 1. The first-order valence-corrected chi connectivity index (χ1v) is 6.72. The molecule has 0 spiro atoms. The Balaban J connectivity index is 2.34. The molecule has 0 aliphatic heterocycles. The predicted octanol–water partition coefficient (Wildman–Crippen LogP) is 2.88. The Morgan fingerprint density at radius 1 is 1.50 bits per heavy atom. The third-order valence-electron chi connectivity index (χ3n) is 2.30. The summed E-state index contributed by atoms with van der Waals surface area (Å²) in [5.41, 5.74) is 7.50. The summed E-state index contributed by atoms with van der Waals surface area (Å²) >= 11 is 1.66. The number of nitrogens with two attached hydrogens (primary N) is 1. The van der Waals surface area contributed by atoms with Crippen LogP contribution in [0.4, 0.5) is 5.13 Å². The van der Waals surface area contributed by atoms with E-state index in [1.807, 2.05) is 0 Å². The number of aromatic nitrogens is 1. The zero-order valence-electron chi connectivity index (χ0n) is 10.7. The van der Waals surface area contributed by atoms with Gasteiger partial charge in [-0.1, -0.05) is 27.7 Å². The summed E-state index contributed by atoms with van der Waals surface area (Å²) in [6, 6.07) is 0.189. The molecule has 0 radical (unpaired) electrons. The molecular formula is C12H23N3S. The van der Waals surface area contributed by atoms with E-state index in [1.54, 1.807) is 11.3 Å². The minimum Gasteiger partial charge on any atom is -0.360 e. The average molecular weight is 241 g/mol. The topological polar surface area (TPSA) is 50.9 Å². The highest BCUT2D eigenvalue weighted by Gasteiger charge is 2.15. The lowest BCUT2D eigenvalue weighted by Crippen LogP contribution is -2.33. The van der Waals surface area contributed by atoms with Gasteiger partial charge in [0.15, 0.2) is 5.13 Å². The summed E-state index contributed by atoms with van der Waals surface area (Å²) in [7, 11) is 0. The number of nitrogens with zero attached hydrogens (tertiary/aromatic N) is 1. The lowest BCUT2D eigenvalue weighted by Gasteiger charge is -2.23. The van der Waals surface area contributed by atoms with Crippen LogP contribution in [0, 0.1) is 5.41 Å². The molecule has 1 heterocycles. The Hall–Kier alpha value is -0.610. The Kier molecular flexibility index (Phi) is 4.74. The van der Waals surface area contributed by atoms with Crippen LogP contribution in [0.2, 0.25) is 0 Å². The molecule has 1 unspecified atom stereocenters. The second-order valence-electron chi connectivity index (χ2n) is 5.40. The lowest BCUT2D eigenvalue weighted by molar-refractivity contribution is 0.345. The van der Waals surface area contributed by atoms with Gasteiger partial charge in [0.25, 0.3) is 0 Å². The SMILES string of the molecule is CCc1csc(NCC(N)CC(C)(C)C)n1. The van der Waals surface area contributed by atoms with Crippen LogP contribution in [-0.2, 0) is 6.42 Å². The second kappa shape index (κ2) is 5.64. The smallest absolute Gasteiger partial charge is 0.182 e. The zero-order valence-corrected chi connectivity index (χ0v) is 11.5. The van der Waals surface area contributed by atoms with E-state index in [4.69, 9.17) is 5.73 Å². The van der Waals surface area contributed by atoms with Crippen molar-refractivity contribution >= 4 is 16.5 Å². The summed E-state index contributed by atoms with van der Waals surface area (Å²) in [6.07, 6.45) is 2.01.